The van der Waals surface area contributed by atoms with E-state index in [1.807, 2.05) is 6.92 Å². The predicted octanol–water partition coefficient (Wildman–Crippen LogP) is 4.96. The molecular formula is C32H59N3O9. The topological polar surface area (TPSA) is 143 Å². The van der Waals surface area contributed by atoms with Crippen LogP contribution < -0.4 is 0 Å². The Hall–Kier alpha value is -1.05. The third kappa shape index (κ3) is 9.50. The number of aliphatic hydroxyl groups is 1. The lowest BCUT2D eigenvalue weighted by molar-refractivity contribution is -0.342. The summed E-state index contributed by atoms with van der Waals surface area (Å²) in [5.74, 6) is 1.15. The first-order valence-electron chi connectivity index (χ1n) is 16.7. The maximum absolute atomic E-state index is 10.2. The van der Waals surface area contributed by atoms with E-state index in [4.69, 9.17) is 43.4 Å². The van der Waals surface area contributed by atoms with Crippen molar-refractivity contribution >= 4 is 0 Å². The molecule has 44 heavy (non-hydrogen) atoms. The van der Waals surface area contributed by atoms with Gasteiger partial charge in [0.1, 0.15) is 6.10 Å². The first-order chi connectivity index (χ1) is 21.0. The van der Waals surface area contributed by atoms with Gasteiger partial charge in [0.25, 0.3) is 0 Å². The van der Waals surface area contributed by atoms with Crippen molar-refractivity contribution in [3.8, 4) is 0 Å². The van der Waals surface area contributed by atoms with Crippen LogP contribution in [0.2, 0.25) is 0 Å². The molecule has 0 amide bonds. The summed E-state index contributed by atoms with van der Waals surface area (Å²) in [4.78, 5) is 2.68. The van der Waals surface area contributed by atoms with Gasteiger partial charge >= 0.3 is 0 Å². The Morgan fingerprint density at radius 1 is 0.636 bits per heavy atom. The number of nitrogens with zero attached hydrogens (tertiary/aromatic N) is 3. The highest BCUT2D eigenvalue weighted by molar-refractivity contribution is 4.92. The Labute approximate surface area is 264 Å². The Kier molecular flexibility index (Phi) is 15.6. The van der Waals surface area contributed by atoms with Crippen molar-refractivity contribution in [1.29, 1.82) is 0 Å². The van der Waals surface area contributed by atoms with Crippen LogP contribution in [0.15, 0.2) is 5.11 Å². The lowest BCUT2D eigenvalue weighted by Crippen LogP contribution is -2.58. The van der Waals surface area contributed by atoms with Crippen LogP contribution in [0.25, 0.3) is 10.4 Å². The number of aliphatic hydroxyl groups excluding tert-OH is 1. The quantitative estimate of drug-likeness (QED) is 0.108. The maximum Gasteiger partial charge on any atom is 0.161 e. The van der Waals surface area contributed by atoms with Crippen LogP contribution in [0.3, 0.4) is 0 Å². The lowest BCUT2D eigenvalue weighted by atomic mass is 9.80. The highest BCUT2D eigenvalue weighted by Crippen LogP contribution is 2.41. The predicted molar refractivity (Wildman–Crippen MR) is 165 cm³/mol. The molecule has 12 heteroatoms. The van der Waals surface area contributed by atoms with Gasteiger partial charge in [0.05, 0.1) is 76.3 Å². The SMILES string of the molecule is CC[C@H]1O[C@H](C)[C@H](C)[C@@H](C)[C@@H]1O[C@@H]1O[C@H](C)[C@@H](O[C@H]2O[C@H](CO)[C@@H](OCCOCCOCCN=[N+]=[N-])[C@H](C)[C@H]2C)[C@H](C)[C@H]1C. The van der Waals surface area contributed by atoms with Crippen molar-refractivity contribution in [2.45, 2.75) is 124 Å². The molecule has 0 bridgehead atoms. The number of hydrogen-bond acceptors (Lipinski definition) is 10. The van der Waals surface area contributed by atoms with Crippen LogP contribution in [0.4, 0.5) is 0 Å². The van der Waals surface area contributed by atoms with E-state index in [2.05, 4.69) is 65.4 Å². The van der Waals surface area contributed by atoms with Crippen molar-refractivity contribution in [1.82, 2.24) is 0 Å². The zero-order valence-corrected chi connectivity index (χ0v) is 28.4. The minimum Gasteiger partial charge on any atom is -0.394 e. The van der Waals surface area contributed by atoms with Crippen LogP contribution in [-0.4, -0.2) is 107 Å². The zero-order chi connectivity index (χ0) is 32.4. The Morgan fingerprint density at radius 3 is 1.84 bits per heavy atom. The molecule has 0 aromatic heterocycles. The van der Waals surface area contributed by atoms with Gasteiger partial charge in [-0.25, -0.2) is 0 Å². The molecule has 3 aliphatic heterocycles. The van der Waals surface area contributed by atoms with E-state index < -0.39 is 12.4 Å². The smallest absolute Gasteiger partial charge is 0.161 e. The molecule has 3 heterocycles. The molecule has 0 aliphatic carbocycles. The van der Waals surface area contributed by atoms with Crippen molar-refractivity contribution in [3.05, 3.63) is 10.4 Å². The van der Waals surface area contributed by atoms with Crippen molar-refractivity contribution in [2.75, 3.05) is 46.2 Å². The summed E-state index contributed by atoms with van der Waals surface area (Å²) >= 11 is 0. The largest absolute Gasteiger partial charge is 0.394 e. The Balaban J connectivity index is 1.50. The number of hydrogen-bond donors (Lipinski definition) is 1. The monoisotopic (exact) mass is 629 g/mol. The van der Waals surface area contributed by atoms with Gasteiger partial charge in [-0.05, 0) is 49.5 Å². The van der Waals surface area contributed by atoms with Gasteiger partial charge in [0.2, 0.25) is 0 Å². The van der Waals surface area contributed by atoms with E-state index >= 15 is 0 Å². The molecule has 1 N–H and O–H groups in total. The Morgan fingerprint density at radius 2 is 1.20 bits per heavy atom. The molecule has 12 nitrogen and oxygen atoms in total. The van der Waals surface area contributed by atoms with Crippen LogP contribution in [0.1, 0.15) is 68.7 Å². The summed E-state index contributed by atoms with van der Waals surface area (Å²) in [7, 11) is 0. The summed E-state index contributed by atoms with van der Waals surface area (Å²) < 4.78 is 49.6. The average molecular weight is 630 g/mol. The molecule has 0 unspecified atom stereocenters. The van der Waals surface area contributed by atoms with E-state index in [-0.39, 0.29) is 73.2 Å². The molecule has 0 aromatic carbocycles. The van der Waals surface area contributed by atoms with Gasteiger partial charge in [-0.2, -0.15) is 0 Å². The summed E-state index contributed by atoms with van der Waals surface area (Å²) in [6, 6.07) is 0. The fraction of sp³-hybridized carbons (Fsp3) is 1.00. The summed E-state index contributed by atoms with van der Waals surface area (Å²) in [5, 5.41) is 13.6. The maximum atomic E-state index is 10.2. The molecule has 0 aromatic rings. The summed E-state index contributed by atoms with van der Waals surface area (Å²) in [6.45, 7) is 21.6. The second-order valence-electron chi connectivity index (χ2n) is 13.1. The number of ether oxygens (including phenoxy) is 8. The van der Waals surface area contributed by atoms with E-state index in [0.717, 1.165) is 6.42 Å². The number of azide groups is 1. The average Bonchev–Trinajstić information content (AvgIpc) is 3.01. The van der Waals surface area contributed by atoms with Crippen molar-refractivity contribution in [2.24, 2.45) is 40.6 Å². The minimum atomic E-state index is -0.512. The van der Waals surface area contributed by atoms with Crippen LogP contribution in [0, 0.1) is 35.5 Å². The van der Waals surface area contributed by atoms with Gasteiger partial charge in [0, 0.05) is 23.3 Å². The van der Waals surface area contributed by atoms with Crippen molar-refractivity contribution < 1.29 is 43.0 Å². The molecule has 3 aliphatic rings. The van der Waals surface area contributed by atoms with E-state index in [0.29, 0.717) is 51.4 Å². The van der Waals surface area contributed by atoms with Crippen LogP contribution in [0.5, 0.6) is 0 Å². The lowest BCUT2D eigenvalue weighted by Gasteiger charge is -2.50. The summed E-state index contributed by atoms with van der Waals surface area (Å²) in [5.41, 5.74) is 8.27. The van der Waals surface area contributed by atoms with E-state index in [9.17, 15) is 5.11 Å². The van der Waals surface area contributed by atoms with Crippen LogP contribution in [-0.2, 0) is 37.9 Å². The normalized spacial score (nSPS) is 43.0. The first kappa shape index (κ1) is 37.4. The highest BCUT2D eigenvalue weighted by atomic mass is 16.7. The third-order valence-electron chi connectivity index (χ3n) is 10.4. The molecule has 15 atom stereocenters. The first-order valence-corrected chi connectivity index (χ1v) is 16.7. The van der Waals surface area contributed by atoms with E-state index in [1.165, 1.54) is 0 Å². The fourth-order valence-corrected chi connectivity index (χ4v) is 6.71. The second kappa shape index (κ2) is 18.3. The van der Waals surface area contributed by atoms with Gasteiger partial charge in [0.15, 0.2) is 12.6 Å². The molecular weight excluding hydrogens is 570 g/mol. The standard InChI is InChI=1S/C32H59N3O9/c1-10-26-30(19(3)18(2)24(8)40-26)44-31-22(6)20(4)28(25(9)41-31)43-32-23(7)21(5)29(27(17-36)42-32)39-16-15-38-14-13-37-12-11-34-35-33/h18-32,36H,10-17H2,1-9H3/t18-,19-,20-,21-,22-,23-,24-,25-,26-,27-,28+,29+,30+,31+,32-/m1/s1. The fourth-order valence-electron chi connectivity index (χ4n) is 6.71. The molecule has 3 fully saturated rings. The molecule has 0 saturated carbocycles. The minimum absolute atomic E-state index is 0.0191. The number of rotatable bonds is 16. The molecule has 3 saturated heterocycles. The third-order valence-corrected chi connectivity index (χ3v) is 10.4. The zero-order valence-electron chi connectivity index (χ0n) is 28.4. The molecule has 3 rings (SSSR count). The van der Waals surface area contributed by atoms with Crippen LogP contribution >= 0.6 is 0 Å². The molecule has 256 valence electrons. The summed E-state index contributed by atoms with van der Waals surface area (Å²) in [6.07, 6.45) is -0.882. The molecule has 0 spiro atoms. The van der Waals surface area contributed by atoms with E-state index in [1.54, 1.807) is 0 Å². The van der Waals surface area contributed by atoms with Gasteiger partial charge < -0.3 is 43.0 Å². The van der Waals surface area contributed by atoms with Gasteiger partial charge in [-0.3, -0.25) is 0 Å². The van der Waals surface area contributed by atoms with Gasteiger partial charge in [-0.15, -0.1) is 0 Å². The second-order valence-corrected chi connectivity index (χ2v) is 13.1. The highest BCUT2D eigenvalue weighted by Gasteiger charge is 2.49. The van der Waals surface area contributed by atoms with Crippen molar-refractivity contribution in [3.63, 3.8) is 0 Å². The Bertz CT molecular complexity index is 876. The van der Waals surface area contributed by atoms with Gasteiger partial charge in [-0.1, -0.05) is 53.6 Å². The molecule has 0 radical (unpaired) electrons.